The highest BCUT2D eigenvalue weighted by atomic mass is 79.9. The molecule has 18 heavy (non-hydrogen) atoms. The van der Waals surface area contributed by atoms with Gasteiger partial charge in [-0.1, -0.05) is 28.1 Å². The van der Waals surface area contributed by atoms with Crippen molar-refractivity contribution in [3.8, 4) is 0 Å². The fourth-order valence-electron chi connectivity index (χ4n) is 1.28. The van der Waals surface area contributed by atoms with E-state index < -0.39 is 16.3 Å². The first-order chi connectivity index (χ1) is 8.53. The van der Waals surface area contributed by atoms with Gasteiger partial charge in [0.25, 0.3) is 0 Å². The quantitative estimate of drug-likeness (QED) is 0.604. The van der Waals surface area contributed by atoms with Crippen LogP contribution in [0.2, 0.25) is 0 Å². The van der Waals surface area contributed by atoms with Crippen molar-refractivity contribution in [1.29, 1.82) is 0 Å². The summed E-state index contributed by atoms with van der Waals surface area (Å²) in [7, 11) is -0.623. The summed E-state index contributed by atoms with van der Waals surface area (Å²) in [5.74, 6) is 0. The normalized spacial score (nSPS) is 12.0. The number of halogens is 1. The van der Waals surface area contributed by atoms with Crippen molar-refractivity contribution in [2.45, 2.75) is 16.5 Å². The van der Waals surface area contributed by atoms with Crippen LogP contribution in [0.5, 0.6) is 0 Å². The van der Waals surface area contributed by atoms with E-state index in [0.29, 0.717) is 5.33 Å². The summed E-state index contributed by atoms with van der Waals surface area (Å²) in [5, 5.41) is 0.691. The second-order valence-corrected chi connectivity index (χ2v) is 5.86. The third-order valence-corrected chi connectivity index (χ3v) is 4.44. The molecule has 0 unspecified atom stereocenters. The molecule has 0 aliphatic carbocycles. The summed E-state index contributed by atoms with van der Waals surface area (Å²) >= 11 is 3.30. The molecule has 0 heterocycles. The summed E-state index contributed by atoms with van der Waals surface area (Å²) in [5.41, 5.74) is 1.01. The van der Waals surface area contributed by atoms with Crippen molar-refractivity contribution in [3.05, 3.63) is 29.8 Å². The highest BCUT2D eigenvalue weighted by Crippen LogP contribution is 2.12. The van der Waals surface area contributed by atoms with Crippen LogP contribution in [0.4, 0.5) is 0 Å². The average molecular weight is 338 g/mol. The first-order valence-corrected chi connectivity index (χ1v) is 7.84. The maximum Gasteiger partial charge on any atom is 0.240 e. The molecule has 0 amide bonds. The van der Waals surface area contributed by atoms with Gasteiger partial charge in [-0.2, -0.15) is 0 Å². The number of sulfonamides is 1. The van der Waals surface area contributed by atoms with Crippen LogP contribution in [0.25, 0.3) is 0 Å². The van der Waals surface area contributed by atoms with Crippen molar-refractivity contribution < 1.29 is 17.9 Å². The van der Waals surface area contributed by atoms with Crippen LogP contribution in [-0.2, 0) is 24.8 Å². The molecule has 0 aliphatic heterocycles. The van der Waals surface area contributed by atoms with E-state index in [1.165, 1.54) is 14.2 Å². The van der Waals surface area contributed by atoms with Crippen LogP contribution < -0.4 is 4.72 Å². The fourth-order valence-corrected chi connectivity index (χ4v) is 2.67. The van der Waals surface area contributed by atoms with E-state index in [2.05, 4.69) is 20.7 Å². The Morgan fingerprint density at radius 2 is 1.78 bits per heavy atom. The highest BCUT2D eigenvalue weighted by Gasteiger charge is 2.16. The van der Waals surface area contributed by atoms with Crippen molar-refractivity contribution in [1.82, 2.24) is 4.72 Å². The second-order valence-electron chi connectivity index (χ2n) is 3.53. The summed E-state index contributed by atoms with van der Waals surface area (Å²) in [4.78, 5) is 0.221. The lowest BCUT2D eigenvalue weighted by molar-refractivity contribution is -0.0960. The van der Waals surface area contributed by atoms with Gasteiger partial charge < -0.3 is 9.47 Å². The zero-order valence-electron chi connectivity index (χ0n) is 10.2. The smallest absolute Gasteiger partial charge is 0.240 e. The molecule has 0 saturated heterocycles. The Hall–Kier alpha value is -0.470. The van der Waals surface area contributed by atoms with Gasteiger partial charge in [0.1, 0.15) is 0 Å². The van der Waals surface area contributed by atoms with Crippen molar-refractivity contribution in [3.63, 3.8) is 0 Å². The number of ether oxygens (including phenoxy) is 2. The Morgan fingerprint density at radius 3 is 2.22 bits per heavy atom. The van der Waals surface area contributed by atoms with Gasteiger partial charge in [-0.25, -0.2) is 13.1 Å². The van der Waals surface area contributed by atoms with Gasteiger partial charge >= 0.3 is 0 Å². The maximum absolute atomic E-state index is 11.9. The molecule has 0 saturated carbocycles. The SMILES string of the molecule is COC(CNS(=O)(=O)c1ccc(CBr)cc1)OC. The van der Waals surface area contributed by atoms with Crippen LogP contribution in [0.1, 0.15) is 5.56 Å². The second kappa shape index (κ2) is 7.20. The number of methoxy groups -OCH3 is 2. The summed E-state index contributed by atoms with van der Waals surface area (Å²) in [6, 6.07) is 6.64. The molecule has 7 heteroatoms. The Balaban J connectivity index is 2.73. The number of hydrogen-bond donors (Lipinski definition) is 1. The molecule has 0 bridgehead atoms. The average Bonchev–Trinajstić information content (AvgIpc) is 2.40. The molecule has 1 aromatic rings. The van der Waals surface area contributed by atoms with E-state index in [9.17, 15) is 8.42 Å². The number of nitrogens with one attached hydrogen (secondary N) is 1. The first-order valence-electron chi connectivity index (χ1n) is 5.23. The molecule has 1 rings (SSSR count). The number of alkyl halides is 1. The van der Waals surface area contributed by atoms with E-state index in [1.54, 1.807) is 24.3 Å². The molecule has 0 fully saturated rings. The molecule has 1 aromatic carbocycles. The lowest BCUT2D eigenvalue weighted by Crippen LogP contribution is -2.34. The van der Waals surface area contributed by atoms with E-state index in [4.69, 9.17) is 9.47 Å². The number of hydrogen-bond acceptors (Lipinski definition) is 4. The molecule has 0 aromatic heterocycles. The predicted octanol–water partition coefficient (Wildman–Crippen LogP) is 1.48. The summed E-state index contributed by atoms with van der Waals surface area (Å²) < 4.78 is 36.1. The molecule has 5 nitrogen and oxygen atoms in total. The monoisotopic (exact) mass is 337 g/mol. The molecule has 0 radical (unpaired) electrons. The fraction of sp³-hybridized carbons (Fsp3) is 0.455. The topological polar surface area (TPSA) is 64.6 Å². The molecule has 102 valence electrons. The van der Waals surface area contributed by atoms with Crippen LogP contribution in [0, 0.1) is 0 Å². The predicted molar refractivity (Wildman–Crippen MR) is 72.1 cm³/mol. The van der Waals surface area contributed by atoms with Crippen molar-refractivity contribution in [2.75, 3.05) is 20.8 Å². The van der Waals surface area contributed by atoms with Gasteiger partial charge in [-0.3, -0.25) is 0 Å². The lowest BCUT2D eigenvalue weighted by Gasteiger charge is -2.14. The van der Waals surface area contributed by atoms with E-state index in [1.807, 2.05) is 0 Å². The zero-order chi connectivity index (χ0) is 13.6. The van der Waals surface area contributed by atoms with Crippen LogP contribution in [0.3, 0.4) is 0 Å². The van der Waals surface area contributed by atoms with E-state index >= 15 is 0 Å². The van der Waals surface area contributed by atoms with E-state index in [-0.39, 0.29) is 11.4 Å². The molecule has 1 N–H and O–H groups in total. The van der Waals surface area contributed by atoms with Gasteiger partial charge in [-0.05, 0) is 17.7 Å². The third-order valence-electron chi connectivity index (χ3n) is 2.35. The van der Waals surface area contributed by atoms with Gasteiger partial charge in [0.05, 0.1) is 11.4 Å². The van der Waals surface area contributed by atoms with Gasteiger partial charge in [0.2, 0.25) is 10.0 Å². The minimum absolute atomic E-state index is 0.0650. The Labute approximate surface area is 116 Å². The minimum Gasteiger partial charge on any atom is -0.355 e. The van der Waals surface area contributed by atoms with Crippen molar-refractivity contribution in [2.24, 2.45) is 0 Å². The lowest BCUT2D eigenvalue weighted by atomic mass is 10.2. The Bertz CT molecular complexity index is 456. The molecule has 0 aliphatic rings. The van der Waals surface area contributed by atoms with Gasteiger partial charge in [0.15, 0.2) is 6.29 Å². The zero-order valence-corrected chi connectivity index (χ0v) is 12.6. The molecule has 0 spiro atoms. The Morgan fingerprint density at radius 1 is 1.22 bits per heavy atom. The number of benzene rings is 1. The Kier molecular flexibility index (Phi) is 6.24. The van der Waals surface area contributed by atoms with Crippen LogP contribution in [-0.4, -0.2) is 35.5 Å². The molecule has 0 atom stereocenters. The largest absolute Gasteiger partial charge is 0.355 e. The van der Waals surface area contributed by atoms with Crippen LogP contribution in [0.15, 0.2) is 29.2 Å². The minimum atomic E-state index is -3.53. The van der Waals surface area contributed by atoms with Crippen molar-refractivity contribution >= 4 is 26.0 Å². The van der Waals surface area contributed by atoms with Gasteiger partial charge in [-0.15, -0.1) is 0 Å². The number of rotatable bonds is 7. The summed E-state index contributed by atoms with van der Waals surface area (Å²) in [6.45, 7) is 0.0650. The van der Waals surface area contributed by atoms with Crippen LogP contribution >= 0.6 is 15.9 Å². The summed E-state index contributed by atoms with van der Waals surface area (Å²) in [6.07, 6.45) is -0.596. The standard InChI is InChI=1S/C11H16BrNO4S/c1-16-11(17-2)8-13-18(14,15)10-5-3-9(7-12)4-6-10/h3-6,11,13H,7-8H2,1-2H3. The molecular weight excluding hydrogens is 322 g/mol. The highest BCUT2D eigenvalue weighted by molar-refractivity contribution is 9.08. The van der Waals surface area contributed by atoms with Gasteiger partial charge in [0, 0.05) is 19.5 Å². The van der Waals surface area contributed by atoms with E-state index in [0.717, 1.165) is 5.56 Å². The third kappa shape index (κ3) is 4.33. The molecular formula is C11H16BrNO4S. The first kappa shape index (κ1) is 15.6. The maximum atomic E-state index is 11.9.